The fourth-order valence-corrected chi connectivity index (χ4v) is 1.12. The van der Waals surface area contributed by atoms with E-state index in [1.807, 2.05) is 16.9 Å². The Hall–Kier alpha value is -0.870. The summed E-state index contributed by atoms with van der Waals surface area (Å²) < 4.78 is 6.88. The van der Waals surface area contributed by atoms with Crippen LogP contribution in [-0.2, 0) is 17.8 Å². The van der Waals surface area contributed by atoms with Gasteiger partial charge in [-0.15, -0.1) is 0 Å². The van der Waals surface area contributed by atoms with Gasteiger partial charge in [-0.3, -0.25) is 4.68 Å². The molecular formula is C10H19N3O. The van der Waals surface area contributed by atoms with Crippen LogP contribution < -0.4 is 5.32 Å². The van der Waals surface area contributed by atoms with Gasteiger partial charge in [0.15, 0.2) is 0 Å². The number of rotatable bonds is 6. The molecule has 0 saturated carbocycles. The van der Waals surface area contributed by atoms with E-state index in [1.165, 1.54) is 0 Å². The second-order valence-electron chi connectivity index (χ2n) is 3.60. The van der Waals surface area contributed by atoms with Crippen LogP contribution in [0.3, 0.4) is 0 Å². The number of ether oxygens (including phenoxy) is 1. The lowest BCUT2D eigenvalue weighted by Gasteiger charge is -2.05. The first-order valence-corrected chi connectivity index (χ1v) is 4.97. The largest absolute Gasteiger partial charge is 0.383 e. The van der Waals surface area contributed by atoms with E-state index >= 15 is 0 Å². The Kier molecular flexibility index (Phi) is 4.62. The lowest BCUT2D eigenvalue weighted by molar-refractivity contribution is 0.183. The van der Waals surface area contributed by atoms with Crippen molar-refractivity contribution in [3.05, 3.63) is 18.0 Å². The lowest BCUT2D eigenvalue weighted by atomic mass is 10.3. The van der Waals surface area contributed by atoms with Crippen LogP contribution in [0.1, 0.15) is 19.5 Å². The van der Waals surface area contributed by atoms with Crippen molar-refractivity contribution >= 4 is 0 Å². The molecule has 1 aromatic rings. The zero-order valence-corrected chi connectivity index (χ0v) is 9.16. The number of hydrogen-bond acceptors (Lipinski definition) is 3. The summed E-state index contributed by atoms with van der Waals surface area (Å²) in [4.78, 5) is 0. The van der Waals surface area contributed by atoms with Gasteiger partial charge in [-0.2, -0.15) is 5.10 Å². The van der Waals surface area contributed by atoms with Gasteiger partial charge < -0.3 is 10.1 Å². The van der Waals surface area contributed by atoms with Crippen LogP contribution >= 0.6 is 0 Å². The third-order valence-corrected chi connectivity index (χ3v) is 1.91. The summed E-state index contributed by atoms with van der Waals surface area (Å²) in [7, 11) is 1.70. The summed E-state index contributed by atoms with van der Waals surface area (Å²) in [5, 5.41) is 7.72. The molecule has 0 unspecified atom stereocenters. The maximum absolute atomic E-state index is 4.98. The molecule has 0 bridgehead atoms. The van der Waals surface area contributed by atoms with Gasteiger partial charge >= 0.3 is 0 Å². The second kappa shape index (κ2) is 5.78. The van der Waals surface area contributed by atoms with Gasteiger partial charge in [-0.1, -0.05) is 13.8 Å². The summed E-state index contributed by atoms with van der Waals surface area (Å²) >= 11 is 0. The minimum atomic E-state index is 0.499. The lowest BCUT2D eigenvalue weighted by Crippen LogP contribution is -2.22. The molecule has 1 aromatic heterocycles. The Morgan fingerprint density at radius 3 is 3.00 bits per heavy atom. The first-order chi connectivity index (χ1) is 6.72. The maximum Gasteiger partial charge on any atom is 0.0762 e. The monoisotopic (exact) mass is 197 g/mol. The van der Waals surface area contributed by atoms with E-state index in [2.05, 4.69) is 24.3 Å². The molecule has 4 heteroatoms. The number of nitrogens with one attached hydrogen (secondary N) is 1. The summed E-state index contributed by atoms with van der Waals surface area (Å²) in [6.45, 7) is 6.61. The zero-order chi connectivity index (χ0) is 10.4. The molecule has 0 amide bonds. The van der Waals surface area contributed by atoms with Crippen LogP contribution in [-0.4, -0.2) is 29.5 Å². The summed E-state index contributed by atoms with van der Waals surface area (Å²) in [5.41, 5.74) is 1.08. The van der Waals surface area contributed by atoms with E-state index < -0.39 is 0 Å². The zero-order valence-electron chi connectivity index (χ0n) is 9.16. The Morgan fingerprint density at radius 1 is 1.57 bits per heavy atom. The van der Waals surface area contributed by atoms with Gasteiger partial charge in [0.05, 0.1) is 18.8 Å². The first kappa shape index (κ1) is 11.2. The number of methoxy groups -OCH3 is 1. The SMILES string of the molecule is COCCn1ccc(CNC(C)C)n1. The van der Waals surface area contributed by atoms with Crippen molar-refractivity contribution in [2.75, 3.05) is 13.7 Å². The standard InChI is InChI=1S/C10H19N3O/c1-9(2)11-8-10-4-5-13(12-10)6-7-14-3/h4-5,9,11H,6-8H2,1-3H3. The minimum Gasteiger partial charge on any atom is -0.383 e. The first-order valence-electron chi connectivity index (χ1n) is 4.97. The van der Waals surface area contributed by atoms with Crippen LogP contribution in [0.4, 0.5) is 0 Å². The van der Waals surface area contributed by atoms with Crippen molar-refractivity contribution in [2.24, 2.45) is 0 Å². The van der Waals surface area contributed by atoms with E-state index in [0.717, 1.165) is 18.8 Å². The van der Waals surface area contributed by atoms with Crippen molar-refractivity contribution in [3.8, 4) is 0 Å². The van der Waals surface area contributed by atoms with Gasteiger partial charge in [-0.05, 0) is 6.07 Å². The second-order valence-corrected chi connectivity index (χ2v) is 3.60. The van der Waals surface area contributed by atoms with Crippen LogP contribution in [0.5, 0.6) is 0 Å². The molecule has 0 radical (unpaired) electrons. The van der Waals surface area contributed by atoms with E-state index in [9.17, 15) is 0 Å². The topological polar surface area (TPSA) is 39.1 Å². The highest BCUT2D eigenvalue weighted by molar-refractivity contribution is 4.98. The molecule has 1 rings (SSSR count). The predicted octanol–water partition coefficient (Wildman–Crippen LogP) is 1.03. The summed E-state index contributed by atoms with van der Waals surface area (Å²) in [6.07, 6.45) is 1.98. The minimum absolute atomic E-state index is 0.499. The van der Waals surface area contributed by atoms with Crippen LogP contribution in [0, 0.1) is 0 Å². The summed E-state index contributed by atoms with van der Waals surface area (Å²) in [5.74, 6) is 0. The van der Waals surface area contributed by atoms with Crippen molar-refractivity contribution < 1.29 is 4.74 Å². The molecular weight excluding hydrogens is 178 g/mol. The quantitative estimate of drug-likeness (QED) is 0.740. The van der Waals surface area contributed by atoms with E-state index in [-0.39, 0.29) is 0 Å². The van der Waals surface area contributed by atoms with Crippen LogP contribution in [0.15, 0.2) is 12.3 Å². The molecule has 0 atom stereocenters. The Morgan fingerprint density at radius 2 is 2.36 bits per heavy atom. The molecule has 4 nitrogen and oxygen atoms in total. The Bertz CT molecular complexity index is 258. The third kappa shape index (κ3) is 3.89. The smallest absolute Gasteiger partial charge is 0.0762 e. The molecule has 0 aromatic carbocycles. The fourth-order valence-electron chi connectivity index (χ4n) is 1.12. The van der Waals surface area contributed by atoms with E-state index in [0.29, 0.717) is 12.6 Å². The highest BCUT2D eigenvalue weighted by atomic mass is 16.5. The Balaban J connectivity index is 2.35. The summed E-state index contributed by atoms with van der Waals surface area (Å²) in [6, 6.07) is 2.53. The van der Waals surface area contributed by atoms with Gasteiger partial charge in [0, 0.05) is 25.9 Å². The van der Waals surface area contributed by atoms with Crippen LogP contribution in [0.2, 0.25) is 0 Å². The number of aromatic nitrogens is 2. The van der Waals surface area contributed by atoms with Crippen LogP contribution in [0.25, 0.3) is 0 Å². The van der Waals surface area contributed by atoms with Crippen molar-refractivity contribution in [3.63, 3.8) is 0 Å². The third-order valence-electron chi connectivity index (χ3n) is 1.91. The highest BCUT2D eigenvalue weighted by Crippen LogP contribution is 1.96. The van der Waals surface area contributed by atoms with Crippen molar-refractivity contribution in [1.29, 1.82) is 0 Å². The molecule has 0 aliphatic rings. The molecule has 0 spiro atoms. The molecule has 0 saturated heterocycles. The normalized spacial score (nSPS) is 11.1. The molecule has 80 valence electrons. The average molecular weight is 197 g/mol. The Labute approximate surface area is 85.3 Å². The van der Waals surface area contributed by atoms with E-state index in [4.69, 9.17) is 4.74 Å². The average Bonchev–Trinajstić information content (AvgIpc) is 2.59. The van der Waals surface area contributed by atoms with Crippen molar-refractivity contribution in [2.45, 2.75) is 33.0 Å². The molecule has 1 heterocycles. The molecule has 14 heavy (non-hydrogen) atoms. The van der Waals surface area contributed by atoms with Gasteiger partial charge in [0.25, 0.3) is 0 Å². The van der Waals surface area contributed by atoms with Gasteiger partial charge in [0.1, 0.15) is 0 Å². The fraction of sp³-hybridized carbons (Fsp3) is 0.700. The predicted molar refractivity (Wildman–Crippen MR) is 56.1 cm³/mol. The highest BCUT2D eigenvalue weighted by Gasteiger charge is 1.99. The van der Waals surface area contributed by atoms with Gasteiger partial charge in [0.2, 0.25) is 0 Å². The number of hydrogen-bond donors (Lipinski definition) is 1. The van der Waals surface area contributed by atoms with Gasteiger partial charge in [-0.25, -0.2) is 0 Å². The molecule has 0 aliphatic carbocycles. The molecule has 0 fully saturated rings. The molecule has 1 N–H and O–H groups in total. The maximum atomic E-state index is 4.98. The molecule has 0 aliphatic heterocycles. The van der Waals surface area contributed by atoms with Crippen molar-refractivity contribution in [1.82, 2.24) is 15.1 Å². The van der Waals surface area contributed by atoms with E-state index in [1.54, 1.807) is 7.11 Å². The number of nitrogens with zero attached hydrogens (tertiary/aromatic N) is 2.